The lowest BCUT2D eigenvalue weighted by Crippen LogP contribution is -2.33. The van der Waals surface area contributed by atoms with E-state index < -0.39 is 0 Å². The second-order valence-corrected chi connectivity index (χ2v) is 3.98. The highest BCUT2D eigenvalue weighted by atomic mass is 32.2. The number of nitrogens with two attached hydrogens (primary N) is 1. The molecule has 0 rings (SSSR count). The molecule has 0 saturated heterocycles. The molecule has 0 heterocycles. The highest BCUT2D eigenvalue weighted by Crippen LogP contribution is 1.97. The average Bonchev–Trinajstić information content (AvgIpc) is 1.98. The Morgan fingerprint density at radius 3 is 2.67 bits per heavy atom. The minimum atomic E-state index is -0.0331. The van der Waals surface area contributed by atoms with Gasteiger partial charge in [0, 0.05) is 31.8 Å². The Hall–Kier alpha value is -0.220. The molecule has 1 unspecified atom stereocenters. The first-order valence-electron chi connectivity index (χ1n) is 4.06. The SMILES string of the molecule is CSCCN(C)C(=O)CC(C)N. The predicted molar refractivity (Wildman–Crippen MR) is 54.3 cm³/mol. The molecule has 0 aliphatic carbocycles. The molecule has 1 atom stereocenters. The third-order valence-corrected chi connectivity index (χ3v) is 2.14. The Labute approximate surface area is 78.7 Å². The van der Waals surface area contributed by atoms with Crippen LogP contribution in [0.3, 0.4) is 0 Å². The summed E-state index contributed by atoms with van der Waals surface area (Å²) in [6.45, 7) is 2.66. The summed E-state index contributed by atoms with van der Waals surface area (Å²) in [5.74, 6) is 1.13. The summed E-state index contributed by atoms with van der Waals surface area (Å²) < 4.78 is 0. The molecule has 0 aromatic heterocycles. The molecule has 2 N–H and O–H groups in total. The number of carbonyl (C=O) groups excluding carboxylic acids is 1. The maximum Gasteiger partial charge on any atom is 0.223 e. The summed E-state index contributed by atoms with van der Waals surface area (Å²) in [4.78, 5) is 13.0. The minimum absolute atomic E-state index is 0.0331. The highest BCUT2D eigenvalue weighted by molar-refractivity contribution is 7.98. The molecule has 0 aromatic rings. The average molecular weight is 190 g/mol. The summed E-state index contributed by atoms with van der Waals surface area (Å²) in [6, 6.07) is -0.0331. The number of rotatable bonds is 5. The van der Waals surface area contributed by atoms with Gasteiger partial charge in [-0.2, -0.15) is 11.8 Å². The molecule has 0 aliphatic heterocycles. The standard InChI is InChI=1S/C8H18N2OS/c1-7(9)6-8(11)10(2)4-5-12-3/h7H,4-6,9H2,1-3H3. The van der Waals surface area contributed by atoms with E-state index in [0.717, 1.165) is 12.3 Å². The molecule has 4 heteroatoms. The normalized spacial score (nSPS) is 12.7. The van der Waals surface area contributed by atoms with Crippen LogP contribution >= 0.6 is 11.8 Å². The Morgan fingerprint density at radius 1 is 1.67 bits per heavy atom. The highest BCUT2D eigenvalue weighted by Gasteiger charge is 2.09. The van der Waals surface area contributed by atoms with Crippen LogP contribution in [0, 0.1) is 0 Å². The van der Waals surface area contributed by atoms with Gasteiger partial charge in [-0.25, -0.2) is 0 Å². The van der Waals surface area contributed by atoms with Gasteiger partial charge in [0.1, 0.15) is 0 Å². The number of amides is 1. The van der Waals surface area contributed by atoms with E-state index in [1.165, 1.54) is 0 Å². The van der Waals surface area contributed by atoms with Gasteiger partial charge in [-0.3, -0.25) is 4.79 Å². The van der Waals surface area contributed by atoms with Gasteiger partial charge in [0.15, 0.2) is 0 Å². The number of thioether (sulfide) groups is 1. The molecule has 0 aliphatic rings. The van der Waals surface area contributed by atoms with Crippen LogP contribution in [0.5, 0.6) is 0 Å². The van der Waals surface area contributed by atoms with Crippen LogP contribution in [-0.4, -0.2) is 42.4 Å². The van der Waals surface area contributed by atoms with E-state index in [-0.39, 0.29) is 11.9 Å². The Morgan fingerprint density at radius 2 is 2.25 bits per heavy atom. The van der Waals surface area contributed by atoms with Crippen molar-refractivity contribution in [3.05, 3.63) is 0 Å². The Balaban J connectivity index is 3.61. The number of nitrogens with zero attached hydrogens (tertiary/aromatic N) is 1. The lowest BCUT2D eigenvalue weighted by atomic mass is 10.2. The van der Waals surface area contributed by atoms with Crippen molar-refractivity contribution in [2.75, 3.05) is 25.6 Å². The van der Waals surface area contributed by atoms with Crippen molar-refractivity contribution in [3.8, 4) is 0 Å². The molecule has 0 saturated carbocycles. The molecular weight excluding hydrogens is 172 g/mol. The summed E-state index contributed by atoms with van der Waals surface area (Å²) in [5.41, 5.74) is 5.51. The molecule has 1 amide bonds. The van der Waals surface area contributed by atoms with Crippen LogP contribution in [0.4, 0.5) is 0 Å². The van der Waals surface area contributed by atoms with Crippen molar-refractivity contribution in [3.63, 3.8) is 0 Å². The van der Waals surface area contributed by atoms with Crippen molar-refractivity contribution in [2.24, 2.45) is 5.73 Å². The van der Waals surface area contributed by atoms with Crippen molar-refractivity contribution in [2.45, 2.75) is 19.4 Å². The summed E-state index contributed by atoms with van der Waals surface area (Å²) in [7, 11) is 1.82. The summed E-state index contributed by atoms with van der Waals surface area (Å²) >= 11 is 1.74. The molecule has 0 bridgehead atoms. The fourth-order valence-electron chi connectivity index (χ4n) is 0.784. The van der Waals surface area contributed by atoms with E-state index in [9.17, 15) is 4.79 Å². The van der Waals surface area contributed by atoms with Crippen LogP contribution in [0.25, 0.3) is 0 Å². The van der Waals surface area contributed by atoms with E-state index in [4.69, 9.17) is 5.73 Å². The first-order chi connectivity index (χ1) is 5.57. The number of carbonyl (C=O) groups is 1. The Kier molecular flexibility index (Phi) is 6.20. The second kappa shape index (κ2) is 6.31. The summed E-state index contributed by atoms with van der Waals surface area (Å²) in [6.07, 6.45) is 2.48. The van der Waals surface area contributed by atoms with Crippen molar-refractivity contribution in [1.29, 1.82) is 0 Å². The van der Waals surface area contributed by atoms with Crippen LogP contribution in [0.2, 0.25) is 0 Å². The van der Waals surface area contributed by atoms with Gasteiger partial charge in [-0.15, -0.1) is 0 Å². The molecular formula is C8H18N2OS. The van der Waals surface area contributed by atoms with Gasteiger partial charge in [-0.05, 0) is 13.2 Å². The lowest BCUT2D eigenvalue weighted by molar-refractivity contribution is -0.129. The Bertz CT molecular complexity index is 139. The van der Waals surface area contributed by atoms with Gasteiger partial charge in [0.25, 0.3) is 0 Å². The maximum atomic E-state index is 11.3. The van der Waals surface area contributed by atoms with Crippen LogP contribution in [0.15, 0.2) is 0 Å². The van der Waals surface area contributed by atoms with Crippen molar-refractivity contribution >= 4 is 17.7 Å². The van der Waals surface area contributed by atoms with E-state index in [2.05, 4.69) is 0 Å². The molecule has 0 aromatic carbocycles. The van der Waals surface area contributed by atoms with Gasteiger partial charge in [-0.1, -0.05) is 0 Å². The lowest BCUT2D eigenvalue weighted by Gasteiger charge is -2.17. The summed E-state index contributed by atoms with van der Waals surface area (Å²) in [5, 5.41) is 0. The van der Waals surface area contributed by atoms with Gasteiger partial charge in [0.2, 0.25) is 5.91 Å². The van der Waals surface area contributed by atoms with Crippen LogP contribution < -0.4 is 5.73 Å². The molecule has 0 radical (unpaired) electrons. The monoisotopic (exact) mass is 190 g/mol. The number of hydrogen-bond acceptors (Lipinski definition) is 3. The van der Waals surface area contributed by atoms with Crippen LogP contribution in [-0.2, 0) is 4.79 Å². The van der Waals surface area contributed by atoms with Crippen LogP contribution in [0.1, 0.15) is 13.3 Å². The second-order valence-electron chi connectivity index (χ2n) is 2.99. The minimum Gasteiger partial charge on any atom is -0.345 e. The molecule has 72 valence electrons. The molecule has 12 heavy (non-hydrogen) atoms. The zero-order valence-electron chi connectivity index (χ0n) is 8.04. The smallest absolute Gasteiger partial charge is 0.223 e. The number of hydrogen-bond donors (Lipinski definition) is 1. The quantitative estimate of drug-likeness (QED) is 0.688. The zero-order valence-corrected chi connectivity index (χ0v) is 8.86. The third-order valence-electron chi connectivity index (χ3n) is 1.55. The first-order valence-corrected chi connectivity index (χ1v) is 5.45. The van der Waals surface area contributed by atoms with E-state index in [1.54, 1.807) is 16.7 Å². The largest absolute Gasteiger partial charge is 0.345 e. The first kappa shape index (κ1) is 11.8. The topological polar surface area (TPSA) is 46.3 Å². The van der Waals surface area contributed by atoms with E-state index in [1.807, 2.05) is 20.2 Å². The molecule has 0 spiro atoms. The molecule has 3 nitrogen and oxygen atoms in total. The van der Waals surface area contributed by atoms with Crippen molar-refractivity contribution < 1.29 is 4.79 Å². The van der Waals surface area contributed by atoms with Crippen molar-refractivity contribution in [1.82, 2.24) is 4.90 Å². The van der Waals surface area contributed by atoms with Gasteiger partial charge in [0.05, 0.1) is 0 Å². The van der Waals surface area contributed by atoms with Gasteiger partial charge < -0.3 is 10.6 Å². The van der Waals surface area contributed by atoms with E-state index >= 15 is 0 Å². The van der Waals surface area contributed by atoms with E-state index in [0.29, 0.717) is 6.42 Å². The fraction of sp³-hybridized carbons (Fsp3) is 0.875. The zero-order chi connectivity index (χ0) is 9.56. The van der Waals surface area contributed by atoms with Gasteiger partial charge >= 0.3 is 0 Å². The fourth-order valence-corrected chi connectivity index (χ4v) is 1.24. The predicted octanol–water partition coefficient (Wildman–Crippen LogP) is 0.545. The maximum absolute atomic E-state index is 11.3. The third kappa shape index (κ3) is 5.43. The molecule has 0 fully saturated rings.